The molecule has 2 N–H and O–H groups in total. The van der Waals surface area contributed by atoms with Crippen LogP contribution in [0.25, 0.3) is 0 Å². The van der Waals surface area contributed by atoms with E-state index in [2.05, 4.69) is 24.4 Å². The zero-order chi connectivity index (χ0) is 14.1. The van der Waals surface area contributed by atoms with Gasteiger partial charge in [0.15, 0.2) is 0 Å². The summed E-state index contributed by atoms with van der Waals surface area (Å²) in [6, 6.07) is 8.21. The van der Waals surface area contributed by atoms with Crippen molar-refractivity contribution in [3.8, 4) is 5.75 Å². The van der Waals surface area contributed by atoms with E-state index in [4.69, 9.17) is 9.84 Å². The first-order chi connectivity index (χ1) is 9.15. The molecule has 1 aromatic carbocycles. The van der Waals surface area contributed by atoms with Crippen LogP contribution in [-0.2, 0) is 6.54 Å². The van der Waals surface area contributed by atoms with E-state index in [1.165, 1.54) is 5.56 Å². The topological polar surface area (TPSA) is 41.5 Å². The SMILES string of the molecule is CCC(CCO)CNCc1cccc(OC(C)C)c1. The molecule has 108 valence electrons. The molecule has 0 aliphatic heterocycles. The van der Waals surface area contributed by atoms with Gasteiger partial charge >= 0.3 is 0 Å². The van der Waals surface area contributed by atoms with Crippen LogP contribution in [0, 0.1) is 5.92 Å². The predicted molar refractivity (Wildman–Crippen MR) is 79.4 cm³/mol. The summed E-state index contributed by atoms with van der Waals surface area (Å²) in [6.45, 7) is 8.30. The molecule has 0 spiro atoms. The minimum absolute atomic E-state index is 0.206. The Morgan fingerprint density at radius 2 is 2.11 bits per heavy atom. The fourth-order valence-electron chi connectivity index (χ4n) is 2.05. The highest BCUT2D eigenvalue weighted by molar-refractivity contribution is 5.28. The van der Waals surface area contributed by atoms with E-state index in [9.17, 15) is 0 Å². The second-order valence-electron chi connectivity index (χ2n) is 5.23. The largest absolute Gasteiger partial charge is 0.491 e. The van der Waals surface area contributed by atoms with Gasteiger partial charge in [0.05, 0.1) is 6.10 Å². The van der Waals surface area contributed by atoms with Crippen LogP contribution in [0.2, 0.25) is 0 Å². The van der Waals surface area contributed by atoms with Crippen LogP contribution >= 0.6 is 0 Å². The number of aliphatic hydroxyl groups excluding tert-OH is 1. The normalized spacial score (nSPS) is 12.7. The molecule has 1 atom stereocenters. The van der Waals surface area contributed by atoms with Crippen LogP contribution in [0.4, 0.5) is 0 Å². The van der Waals surface area contributed by atoms with E-state index in [1.807, 2.05) is 26.0 Å². The molecule has 0 aliphatic rings. The molecule has 0 bridgehead atoms. The van der Waals surface area contributed by atoms with Crippen molar-refractivity contribution < 1.29 is 9.84 Å². The van der Waals surface area contributed by atoms with E-state index < -0.39 is 0 Å². The fourth-order valence-corrected chi connectivity index (χ4v) is 2.05. The predicted octanol–water partition coefficient (Wildman–Crippen LogP) is 2.97. The Kier molecular flexibility index (Phi) is 7.53. The number of aliphatic hydroxyl groups is 1. The van der Waals surface area contributed by atoms with Crippen molar-refractivity contribution in [3.05, 3.63) is 29.8 Å². The van der Waals surface area contributed by atoms with Gasteiger partial charge < -0.3 is 15.2 Å². The first-order valence-electron chi connectivity index (χ1n) is 7.22. The van der Waals surface area contributed by atoms with Gasteiger partial charge in [-0.15, -0.1) is 0 Å². The van der Waals surface area contributed by atoms with Gasteiger partial charge in [0.1, 0.15) is 5.75 Å². The summed E-state index contributed by atoms with van der Waals surface area (Å²) in [6.07, 6.45) is 2.18. The highest BCUT2D eigenvalue weighted by atomic mass is 16.5. The third-order valence-corrected chi connectivity index (χ3v) is 3.15. The third-order valence-electron chi connectivity index (χ3n) is 3.15. The number of rotatable bonds is 9. The van der Waals surface area contributed by atoms with Crippen molar-refractivity contribution in [1.82, 2.24) is 5.32 Å². The van der Waals surface area contributed by atoms with Crippen LogP contribution in [0.1, 0.15) is 39.2 Å². The number of hydrogen-bond acceptors (Lipinski definition) is 3. The second kappa shape index (κ2) is 8.94. The number of ether oxygens (including phenoxy) is 1. The van der Waals surface area contributed by atoms with Gasteiger partial charge in [-0.05, 0) is 50.4 Å². The van der Waals surface area contributed by atoms with Crippen LogP contribution in [0.3, 0.4) is 0 Å². The monoisotopic (exact) mass is 265 g/mol. The van der Waals surface area contributed by atoms with Gasteiger partial charge in [0.2, 0.25) is 0 Å². The van der Waals surface area contributed by atoms with Crippen molar-refractivity contribution in [1.29, 1.82) is 0 Å². The average Bonchev–Trinajstić information content (AvgIpc) is 2.37. The van der Waals surface area contributed by atoms with E-state index in [0.717, 1.165) is 31.7 Å². The minimum atomic E-state index is 0.206. The maximum absolute atomic E-state index is 8.96. The van der Waals surface area contributed by atoms with Crippen LogP contribution in [0.5, 0.6) is 5.75 Å². The zero-order valence-electron chi connectivity index (χ0n) is 12.4. The van der Waals surface area contributed by atoms with Crippen LogP contribution in [0.15, 0.2) is 24.3 Å². The molecule has 0 radical (unpaired) electrons. The molecule has 0 aromatic heterocycles. The Bertz CT molecular complexity index is 352. The Morgan fingerprint density at radius 1 is 1.32 bits per heavy atom. The summed E-state index contributed by atoms with van der Waals surface area (Å²) in [5, 5.41) is 12.4. The van der Waals surface area contributed by atoms with E-state index in [1.54, 1.807) is 0 Å². The quantitative estimate of drug-likeness (QED) is 0.721. The molecule has 3 heteroatoms. The van der Waals surface area contributed by atoms with Crippen molar-refractivity contribution in [2.75, 3.05) is 13.2 Å². The Balaban J connectivity index is 2.40. The average molecular weight is 265 g/mol. The molecule has 1 aromatic rings. The lowest BCUT2D eigenvalue weighted by atomic mass is 10.0. The van der Waals surface area contributed by atoms with Gasteiger partial charge in [-0.1, -0.05) is 25.5 Å². The Labute approximate surface area is 117 Å². The lowest BCUT2D eigenvalue weighted by molar-refractivity contribution is 0.242. The molecule has 0 saturated carbocycles. The summed E-state index contributed by atoms with van der Waals surface area (Å²) in [4.78, 5) is 0. The summed E-state index contributed by atoms with van der Waals surface area (Å²) in [5.41, 5.74) is 1.23. The molecule has 19 heavy (non-hydrogen) atoms. The molecule has 1 rings (SSSR count). The first kappa shape index (κ1) is 16.0. The first-order valence-corrected chi connectivity index (χ1v) is 7.22. The fraction of sp³-hybridized carbons (Fsp3) is 0.625. The molecular weight excluding hydrogens is 238 g/mol. The maximum Gasteiger partial charge on any atom is 0.120 e. The minimum Gasteiger partial charge on any atom is -0.491 e. The number of benzene rings is 1. The molecule has 0 amide bonds. The lowest BCUT2D eigenvalue weighted by Crippen LogP contribution is -2.22. The summed E-state index contributed by atoms with van der Waals surface area (Å²) < 4.78 is 5.68. The zero-order valence-corrected chi connectivity index (χ0v) is 12.4. The molecule has 0 saturated heterocycles. The van der Waals surface area contributed by atoms with Gasteiger partial charge in [-0.2, -0.15) is 0 Å². The van der Waals surface area contributed by atoms with E-state index in [-0.39, 0.29) is 12.7 Å². The van der Waals surface area contributed by atoms with Crippen LogP contribution < -0.4 is 10.1 Å². The highest BCUT2D eigenvalue weighted by Crippen LogP contribution is 2.15. The summed E-state index contributed by atoms with van der Waals surface area (Å²) in [7, 11) is 0. The van der Waals surface area contributed by atoms with Gasteiger partial charge in [-0.25, -0.2) is 0 Å². The van der Waals surface area contributed by atoms with Crippen LogP contribution in [-0.4, -0.2) is 24.4 Å². The van der Waals surface area contributed by atoms with Crippen molar-refractivity contribution in [2.24, 2.45) is 5.92 Å². The molecule has 0 heterocycles. The summed E-state index contributed by atoms with van der Waals surface area (Å²) >= 11 is 0. The second-order valence-corrected chi connectivity index (χ2v) is 5.23. The molecular formula is C16H27NO2. The summed E-state index contributed by atoms with van der Waals surface area (Å²) in [5.74, 6) is 1.48. The Morgan fingerprint density at radius 3 is 2.74 bits per heavy atom. The van der Waals surface area contributed by atoms with Gasteiger partial charge in [0.25, 0.3) is 0 Å². The lowest BCUT2D eigenvalue weighted by Gasteiger charge is -2.15. The van der Waals surface area contributed by atoms with E-state index in [0.29, 0.717) is 5.92 Å². The van der Waals surface area contributed by atoms with E-state index >= 15 is 0 Å². The van der Waals surface area contributed by atoms with Gasteiger partial charge in [0, 0.05) is 13.2 Å². The molecule has 0 aliphatic carbocycles. The molecule has 1 unspecified atom stereocenters. The highest BCUT2D eigenvalue weighted by Gasteiger charge is 2.05. The van der Waals surface area contributed by atoms with Crippen molar-refractivity contribution in [2.45, 2.75) is 46.3 Å². The smallest absolute Gasteiger partial charge is 0.120 e. The number of hydrogen-bond donors (Lipinski definition) is 2. The standard InChI is InChI=1S/C16H27NO2/c1-4-14(8-9-18)11-17-12-15-6-5-7-16(10-15)19-13(2)3/h5-7,10,13-14,17-18H,4,8-9,11-12H2,1-3H3. The van der Waals surface area contributed by atoms with Gasteiger partial charge in [-0.3, -0.25) is 0 Å². The maximum atomic E-state index is 8.96. The van der Waals surface area contributed by atoms with Crippen molar-refractivity contribution >= 4 is 0 Å². The number of nitrogens with one attached hydrogen (secondary N) is 1. The third kappa shape index (κ3) is 6.60. The molecule has 3 nitrogen and oxygen atoms in total. The molecule has 0 fully saturated rings. The van der Waals surface area contributed by atoms with Crippen molar-refractivity contribution in [3.63, 3.8) is 0 Å². The Hall–Kier alpha value is -1.06.